The minimum atomic E-state index is -0.210. The molecule has 0 radical (unpaired) electrons. The zero-order chi connectivity index (χ0) is 25.6. The third-order valence-electron chi connectivity index (χ3n) is 9.01. The molecule has 8 rings (SSSR count). The maximum absolute atomic E-state index is 10.0. The number of thioether (sulfide) groups is 1. The van der Waals surface area contributed by atoms with Crippen LogP contribution in [0.25, 0.3) is 0 Å². The Bertz CT molecular complexity index is 1270. The molecule has 4 atom stereocenters. The quantitative estimate of drug-likeness (QED) is 0.360. The summed E-state index contributed by atoms with van der Waals surface area (Å²) in [6.07, 6.45) is 6.96. The fourth-order valence-electron chi connectivity index (χ4n) is 7.42. The summed E-state index contributed by atoms with van der Waals surface area (Å²) in [5.74, 6) is 4.97. The average Bonchev–Trinajstić information content (AvgIpc) is 3.11. The molecule has 3 aromatic rings. The molecule has 4 bridgehead atoms. The van der Waals surface area contributed by atoms with Gasteiger partial charge in [-0.2, -0.15) is 0 Å². The molecule has 3 heterocycles. The van der Waals surface area contributed by atoms with E-state index in [0.717, 1.165) is 64.5 Å². The molecule has 5 nitrogen and oxygen atoms in total. The van der Waals surface area contributed by atoms with Crippen molar-refractivity contribution in [3.8, 4) is 23.0 Å². The third-order valence-corrected chi connectivity index (χ3v) is 10.4. The van der Waals surface area contributed by atoms with Crippen LogP contribution >= 0.6 is 11.8 Å². The van der Waals surface area contributed by atoms with Crippen LogP contribution in [-0.4, -0.2) is 40.9 Å². The Balaban J connectivity index is 1.04. The highest BCUT2D eigenvalue weighted by Gasteiger charge is 2.42. The van der Waals surface area contributed by atoms with Gasteiger partial charge >= 0.3 is 0 Å². The highest BCUT2D eigenvalue weighted by atomic mass is 32.2. The van der Waals surface area contributed by atoms with Crippen molar-refractivity contribution in [2.45, 2.75) is 54.4 Å². The van der Waals surface area contributed by atoms with E-state index in [1.165, 1.54) is 38.6 Å². The number of rotatable bonds is 6. The number of phenols is 2. The summed E-state index contributed by atoms with van der Waals surface area (Å²) in [7, 11) is 0. The van der Waals surface area contributed by atoms with Gasteiger partial charge in [-0.15, -0.1) is 11.8 Å². The molecule has 0 aromatic heterocycles. The van der Waals surface area contributed by atoms with Crippen LogP contribution in [-0.2, 0) is 0 Å². The second-order valence-corrected chi connectivity index (χ2v) is 12.8. The molecular weight excluding hydrogens is 494 g/mol. The second kappa shape index (κ2) is 10.0. The van der Waals surface area contributed by atoms with Crippen LogP contribution in [0.15, 0.2) is 71.6 Å². The molecule has 38 heavy (non-hydrogen) atoms. The Labute approximate surface area is 228 Å². The van der Waals surface area contributed by atoms with Crippen LogP contribution in [0.1, 0.15) is 54.6 Å². The lowest BCUT2D eigenvalue weighted by atomic mass is 9.68. The Morgan fingerprint density at radius 3 is 2.24 bits per heavy atom. The van der Waals surface area contributed by atoms with Crippen molar-refractivity contribution in [3.05, 3.63) is 77.9 Å². The molecule has 198 valence electrons. The number of hydrogen-bond acceptors (Lipinski definition) is 6. The lowest BCUT2D eigenvalue weighted by molar-refractivity contribution is 0.114. The van der Waals surface area contributed by atoms with Crippen LogP contribution in [0.5, 0.6) is 23.0 Å². The Kier molecular flexibility index (Phi) is 6.41. The minimum Gasteiger partial charge on any atom is -0.508 e. The standard InChI is InChI=1S/C32H35NO4S/c34-26-5-1-24(2-6-26)32-31(37-29-10-7-27(35)18-30(29)38-32)23-3-8-28(9-4-23)36-12-11-33-19-22-14-20-13-21(15-22)17-25(33)16-20/h1-10,18,20-22,25,31-32,34-35H,11-17,19H2/t20?,21?,22?,25?,31-,32+/m0/s1. The van der Waals surface area contributed by atoms with Crippen LogP contribution in [0.3, 0.4) is 0 Å². The summed E-state index contributed by atoms with van der Waals surface area (Å²) in [5.41, 5.74) is 2.13. The van der Waals surface area contributed by atoms with Crippen molar-refractivity contribution in [3.63, 3.8) is 0 Å². The van der Waals surface area contributed by atoms with E-state index >= 15 is 0 Å². The molecule has 3 aliphatic heterocycles. The molecule has 2 N–H and O–H groups in total. The second-order valence-electron chi connectivity index (χ2n) is 11.6. The van der Waals surface area contributed by atoms with Crippen molar-refractivity contribution in [1.29, 1.82) is 0 Å². The first-order valence-corrected chi connectivity index (χ1v) is 14.9. The zero-order valence-corrected chi connectivity index (χ0v) is 22.4. The molecule has 2 aliphatic carbocycles. The predicted octanol–water partition coefficient (Wildman–Crippen LogP) is 6.95. The summed E-state index contributed by atoms with van der Waals surface area (Å²) in [4.78, 5) is 3.64. The first-order valence-electron chi connectivity index (χ1n) is 14.0. The molecule has 2 unspecified atom stereocenters. The van der Waals surface area contributed by atoms with E-state index in [-0.39, 0.29) is 22.9 Å². The Hall–Kier alpha value is -2.83. The van der Waals surface area contributed by atoms with E-state index in [1.54, 1.807) is 36.0 Å². The van der Waals surface area contributed by atoms with E-state index < -0.39 is 0 Å². The average molecular weight is 530 g/mol. The number of aromatic hydroxyl groups is 2. The van der Waals surface area contributed by atoms with Crippen LogP contribution in [0.2, 0.25) is 0 Å². The fraction of sp³-hybridized carbons (Fsp3) is 0.438. The first kappa shape index (κ1) is 24.2. The van der Waals surface area contributed by atoms with Gasteiger partial charge in [0.2, 0.25) is 0 Å². The monoisotopic (exact) mass is 529 g/mol. The topological polar surface area (TPSA) is 62.2 Å². The van der Waals surface area contributed by atoms with Crippen LogP contribution in [0, 0.1) is 17.8 Å². The molecule has 3 aromatic carbocycles. The van der Waals surface area contributed by atoms with Crippen molar-refractivity contribution < 1.29 is 19.7 Å². The largest absolute Gasteiger partial charge is 0.508 e. The number of fused-ring (bicyclic) bond motifs is 2. The summed E-state index contributed by atoms with van der Waals surface area (Å²) < 4.78 is 12.7. The van der Waals surface area contributed by atoms with Crippen molar-refractivity contribution in [2.24, 2.45) is 17.8 Å². The van der Waals surface area contributed by atoms with E-state index in [9.17, 15) is 10.2 Å². The van der Waals surface area contributed by atoms with Crippen molar-refractivity contribution >= 4 is 11.8 Å². The van der Waals surface area contributed by atoms with Gasteiger partial charge in [-0.3, -0.25) is 4.90 Å². The zero-order valence-electron chi connectivity index (χ0n) is 21.5. The van der Waals surface area contributed by atoms with Crippen LogP contribution < -0.4 is 9.47 Å². The number of benzene rings is 3. The number of ether oxygens (including phenoxy) is 2. The smallest absolute Gasteiger partial charge is 0.140 e. The van der Waals surface area contributed by atoms with Crippen molar-refractivity contribution in [2.75, 3.05) is 19.7 Å². The summed E-state index contributed by atoms with van der Waals surface area (Å²) in [6, 6.07) is 21.6. The molecular formula is C32H35NO4S. The fourth-order valence-corrected chi connectivity index (χ4v) is 8.75. The minimum absolute atomic E-state index is 0.0229. The van der Waals surface area contributed by atoms with Gasteiger partial charge < -0.3 is 19.7 Å². The van der Waals surface area contributed by atoms with Gasteiger partial charge in [0.05, 0.1) is 10.1 Å². The van der Waals surface area contributed by atoms with Gasteiger partial charge in [-0.05, 0) is 103 Å². The van der Waals surface area contributed by atoms with E-state index in [4.69, 9.17) is 9.47 Å². The number of phenolic OH excluding ortho intramolecular Hbond substituents is 2. The molecule has 4 fully saturated rings. The SMILES string of the molecule is Oc1ccc([C@H]2Sc3cc(O)ccc3O[C@H]2c2ccc(OCCN3CC4CC5CC(C4)CC3C5)cc2)cc1. The number of nitrogens with zero attached hydrogens (tertiary/aromatic N) is 1. The molecule has 6 heteroatoms. The third kappa shape index (κ3) is 4.85. The van der Waals surface area contributed by atoms with E-state index in [2.05, 4.69) is 29.2 Å². The van der Waals surface area contributed by atoms with Gasteiger partial charge in [-0.25, -0.2) is 0 Å². The molecule has 0 amide bonds. The number of hydrogen-bond donors (Lipinski definition) is 2. The summed E-state index contributed by atoms with van der Waals surface area (Å²) >= 11 is 1.68. The Morgan fingerprint density at radius 1 is 0.789 bits per heavy atom. The predicted molar refractivity (Wildman–Crippen MR) is 149 cm³/mol. The van der Waals surface area contributed by atoms with Crippen LogP contribution in [0.4, 0.5) is 0 Å². The summed E-state index contributed by atoms with van der Waals surface area (Å²) in [5, 5.41) is 19.8. The Morgan fingerprint density at radius 2 is 1.47 bits per heavy atom. The molecule has 2 saturated heterocycles. The van der Waals surface area contributed by atoms with E-state index in [0.29, 0.717) is 0 Å². The molecule has 5 aliphatic rings. The van der Waals surface area contributed by atoms with Gasteiger partial charge in [0.1, 0.15) is 35.7 Å². The molecule has 0 spiro atoms. The first-order chi connectivity index (χ1) is 18.6. The van der Waals surface area contributed by atoms with Gasteiger partial charge in [0, 0.05) is 19.1 Å². The molecule has 2 saturated carbocycles. The maximum atomic E-state index is 10.0. The van der Waals surface area contributed by atoms with Gasteiger partial charge in [0.25, 0.3) is 0 Å². The van der Waals surface area contributed by atoms with Gasteiger partial charge in [0.15, 0.2) is 0 Å². The van der Waals surface area contributed by atoms with Gasteiger partial charge in [-0.1, -0.05) is 24.3 Å². The normalized spacial score (nSPS) is 29.9. The lowest BCUT2D eigenvalue weighted by Gasteiger charge is -2.39. The lowest BCUT2D eigenvalue weighted by Crippen LogP contribution is -2.40. The highest BCUT2D eigenvalue weighted by molar-refractivity contribution is 7.99. The highest BCUT2D eigenvalue weighted by Crippen LogP contribution is 2.54. The maximum Gasteiger partial charge on any atom is 0.140 e. The van der Waals surface area contributed by atoms with E-state index in [1.807, 2.05) is 18.2 Å². The summed E-state index contributed by atoms with van der Waals surface area (Å²) in [6.45, 7) is 2.99. The van der Waals surface area contributed by atoms with Crippen molar-refractivity contribution in [1.82, 2.24) is 4.90 Å².